The molecule has 60 valence electrons. The van der Waals surface area contributed by atoms with Crippen molar-refractivity contribution in [3.8, 4) is 0 Å². The Hall–Kier alpha value is -0.600. The molecule has 0 aliphatic rings. The molecule has 0 saturated carbocycles. The van der Waals surface area contributed by atoms with Gasteiger partial charge in [0.1, 0.15) is 0 Å². The first-order chi connectivity index (χ1) is 4.81. The Morgan fingerprint density at radius 1 is 1.50 bits per heavy atom. The van der Waals surface area contributed by atoms with Crippen LogP contribution in [0.4, 0.5) is 4.39 Å². The van der Waals surface area contributed by atoms with Gasteiger partial charge >= 0.3 is 0 Å². The molecule has 0 aliphatic heterocycles. The maximum absolute atomic E-state index is 11.5. The third-order valence-electron chi connectivity index (χ3n) is 1.22. The van der Waals surface area contributed by atoms with Crippen molar-refractivity contribution in [3.63, 3.8) is 0 Å². The summed E-state index contributed by atoms with van der Waals surface area (Å²) in [6, 6.07) is 0. The van der Waals surface area contributed by atoms with Crippen molar-refractivity contribution in [2.45, 2.75) is 26.2 Å². The lowest BCUT2D eigenvalue weighted by atomic mass is 10.2. The predicted octanol–water partition coefficient (Wildman–Crippen LogP) is 1.26. The van der Waals surface area contributed by atoms with Crippen LogP contribution in [0, 0.1) is 0 Å². The van der Waals surface area contributed by atoms with Crippen LogP contribution in [0.2, 0.25) is 0 Å². The third kappa shape index (κ3) is 5.54. The minimum absolute atomic E-state index is 0.504. The van der Waals surface area contributed by atoms with Gasteiger partial charge in [0.15, 0.2) is 6.67 Å². The number of amides is 1. The summed E-state index contributed by atoms with van der Waals surface area (Å²) in [4.78, 5) is 10.3. The quantitative estimate of drug-likeness (QED) is 0.583. The average molecular weight is 147 g/mol. The number of nitrogens with one attached hydrogen (secondary N) is 1. The van der Waals surface area contributed by atoms with Crippen LogP contribution < -0.4 is 5.32 Å². The molecule has 0 aromatic heterocycles. The lowest BCUT2D eigenvalue weighted by Crippen LogP contribution is -2.25. The first-order valence-corrected chi connectivity index (χ1v) is 3.64. The van der Waals surface area contributed by atoms with Crippen LogP contribution in [0.3, 0.4) is 0 Å². The van der Waals surface area contributed by atoms with Gasteiger partial charge < -0.3 is 5.32 Å². The van der Waals surface area contributed by atoms with E-state index in [0.29, 0.717) is 6.54 Å². The Labute approximate surface area is 60.8 Å². The molecule has 0 aliphatic carbocycles. The van der Waals surface area contributed by atoms with E-state index in [-0.39, 0.29) is 0 Å². The van der Waals surface area contributed by atoms with Crippen LogP contribution in [0.1, 0.15) is 26.2 Å². The van der Waals surface area contributed by atoms with Crippen LogP contribution in [0.25, 0.3) is 0 Å². The van der Waals surface area contributed by atoms with Gasteiger partial charge in [-0.2, -0.15) is 0 Å². The maximum atomic E-state index is 11.5. The van der Waals surface area contributed by atoms with E-state index in [2.05, 4.69) is 12.2 Å². The van der Waals surface area contributed by atoms with Gasteiger partial charge in [-0.25, -0.2) is 4.39 Å². The average Bonchev–Trinajstić information content (AvgIpc) is 1.98. The van der Waals surface area contributed by atoms with Crippen molar-refractivity contribution in [1.82, 2.24) is 5.32 Å². The van der Waals surface area contributed by atoms with Gasteiger partial charge in [0.2, 0.25) is 0 Å². The first-order valence-electron chi connectivity index (χ1n) is 3.64. The van der Waals surface area contributed by atoms with Crippen LogP contribution in [0.15, 0.2) is 0 Å². The number of hydrogen-bond acceptors (Lipinski definition) is 1. The SMILES string of the molecule is CCCCCNC(=O)CF. The van der Waals surface area contributed by atoms with E-state index in [0.717, 1.165) is 19.3 Å². The lowest BCUT2D eigenvalue weighted by Gasteiger charge is -1.99. The highest BCUT2D eigenvalue weighted by atomic mass is 19.1. The second kappa shape index (κ2) is 6.52. The summed E-state index contributed by atoms with van der Waals surface area (Å²) in [5.41, 5.74) is 0. The Morgan fingerprint density at radius 3 is 2.70 bits per heavy atom. The predicted molar refractivity (Wildman–Crippen MR) is 38.5 cm³/mol. The third-order valence-corrected chi connectivity index (χ3v) is 1.22. The summed E-state index contributed by atoms with van der Waals surface area (Å²) in [5.74, 6) is -0.504. The Morgan fingerprint density at radius 2 is 2.20 bits per heavy atom. The van der Waals surface area contributed by atoms with E-state index in [4.69, 9.17) is 0 Å². The number of rotatable bonds is 5. The van der Waals surface area contributed by atoms with Gasteiger partial charge in [0, 0.05) is 6.54 Å². The highest BCUT2D eigenvalue weighted by Gasteiger charge is 1.95. The molecular weight excluding hydrogens is 133 g/mol. The number of carbonyl (C=O) groups is 1. The van der Waals surface area contributed by atoms with Gasteiger partial charge in [0.05, 0.1) is 0 Å². The molecule has 1 N–H and O–H groups in total. The van der Waals surface area contributed by atoms with Gasteiger partial charge in [-0.3, -0.25) is 4.79 Å². The topological polar surface area (TPSA) is 29.1 Å². The van der Waals surface area contributed by atoms with Crippen LogP contribution in [0.5, 0.6) is 0 Å². The van der Waals surface area contributed by atoms with E-state index in [1.807, 2.05) is 0 Å². The molecule has 0 unspecified atom stereocenters. The van der Waals surface area contributed by atoms with Crippen molar-refractivity contribution in [2.24, 2.45) is 0 Å². The fourth-order valence-corrected chi connectivity index (χ4v) is 0.650. The highest BCUT2D eigenvalue weighted by molar-refractivity contribution is 5.76. The minimum atomic E-state index is -0.897. The van der Waals surface area contributed by atoms with E-state index in [9.17, 15) is 9.18 Å². The summed E-state index contributed by atoms with van der Waals surface area (Å²) >= 11 is 0. The van der Waals surface area contributed by atoms with Crippen molar-refractivity contribution in [2.75, 3.05) is 13.2 Å². The van der Waals surface area contributed by atoms with Crippen LogP contribution >= 0.6 is 0 Å². The zero-order chi connectivity index (χ0) is 7.82. The molecule has 0 spiro atoms. The summed E-state index contributed by atoms with van der Waals surface area (Å²) in [5, 5.41) is 2.45. The molecule has 0 rings (SSSR count). The zero-order valence-corrected chi connectivity index (χ0v) is 6.32. The van der Waals surface area contributed by atoms with E-state index < -0.39 is 12.6 Å². The molecule has 1 amide bonds. The number of hydrogen-bond donors (Lipinski definition) is 1. The first kappa shape index (κ1) is 9.40. The summed E-state index contributed by atoms with van der Waals surface area (Å²) in [6.45, 7) is 1.79. The lowest BCUT2D eigenvalue weighted by molar-refractivity contribution is -0.121. The Kier molecular flexibility index (Phi) is 6.13. The van der Waals surface area contributed by atoms with E-state index in [1.165, 1.54) is 0 Å². The van der Waals surface area contributed by atoms with Gasteiger partial charge in [0.25, 0.3) is 5.91 Å². The van der Waals surface area contributed by atoms with Gasteiger partial charge in [-0.1, -0.05) is 19.8 Å². The highest BCUT2D eigenvalue weighted by Crippen LogP contribution is 1.90. The molecule has 10 heavy (non-hydrogen) atoms. The second-order valence-electron chi connectivity index (χ2n) is 2.19. The molecule has 2 nitrogen and oxygen atoms in total. The standard InChI is InChI=1S/C7H14FNO/c1-2-3-4-5-9-7(10)6-8/h2-6H2,1H3,(H,9,10). The number of unbranched alkanes of at least 4 members (excludes halogenated alkanes) is 2. The monoisotopic (exact) mass is 147 g/mol. The van der Waals surface area contributed by atoms with Crippen molar-refractivity contribution >= 4 is 5.91 Å². The second-order valence-corrected chi connectivity index (χ2v) is 2.19. The van der Waals surface area contributed by atoms with E-state index in [1.54, 1.807) is 0 Å². The molecule has 0 radical (unpaired) electrons. The van der Waals surface area contributed by atoms with Gasteiger partial charge in [-0.15, -0.1) is 0 Å². The summed E-state index contributed by atoms with van der Waals surface area (Å²) in [6.07, 6.45) is 3.15. The molecular formula is C7H14FNO. The molecule has 3 heteroatoms. The largest absolute Gasteiger partial charge is 0.354 e. The number of carbonyl (C=O) groups excluding carboxylic acids is 1. The van der Waals surface area contributed by atoms with Gasteiger partial charge in [-0.05, 0) is 6.42 Å². The molecule has 0 bridgehead atoms. The summed E-state index contributed by atoms with van der Waals surface area (Å²) < 4.78 is 11.5. The molecule has 0 aromatic rings. The normalized spacial score (nSPS) is 9.40. The summed E-state index contributed by atoms with van der Waals surface area (Å²) in [7, 11) is 0. The minimum Gasteiger partial charge on any atom is -0.354 e. The molecule has 0 atom stereocenters. The molecule has 0 aromatic carbocycles. The van der Waals surface area contributed by atoms with Crippen LogP contribution in [-0.2, 0) is 4.79 Å². The molecule has 0 saturated heterocycles. The van der Waals surface area contributed by atoms with Crippen molar-refractivity contribution in [1.29, 1.82) is 0 Å². The number of halogens is 1. The smallest absolute Gasteiger partial charge is 0.251 e. The van der Waals surface area contributed by atoms with Crippen LogP contribution in [-0.4, -0.2) is 19.1 Å². The number of alkyl halides is 1. The zero-order valence-electron chi connectivity index (χ0n) is 6.32. The van der Waals surface area contributed by atoms with E-state index >= 15 is 0 Å². The molecule has 0 fully saturated rings. The Bertz CT molecular complexity index is 95.6. The van der Waals surface area contributed by atoms with Crippen molar-refractivity contribution in [3.05, 3.63) is 0 Å². The fourth-order valence-electron chi connectivity index (χ4n) is 0.650. The molecule has 0 heterocycles. The Balaban J connectivity index is 2.96. The fraction of sp³-hybridized carbons (Fsp3) is 0.857. The van der Waals surface area contributed by atoms with Crippen molar-refractivity contribution < 1.29 is 9.18 Å². The maximum Gasteiger partial charge on any atom is 0.251 e.